The average Bonchev–Trinajstić information content (AvgIpc) is 2.40. The fourth-order valence-corrected chi connectivity index (χ4v) is 2.68. The number of rotatable bonds is 4. The van der Waals surface area contributed by atoms with Gasteiger partial charge in [0.1, 0.15) is 5.82 Å². The lowest BCUT2D eigenvalue weighted by Crippen LogP contribution is -2.32. The summed E-state index contributed by atoms with van der Waals surface area (Å²) in [7, 11) is 0. The zero-order valence-corrected chi connectivity index (χ0v) is 10.7. The minimum absolute atomic E-state index is 0.233. The second-order valence-corrected chi connectivity index (χ2v) is 4.94. The monoisotopic (exact) mass is 248 g/mol. The number of aromatic carboxylic acids is 1. The summed E-state index contributed by atoms with van der Waals surface area (Å²) in [4.78, 5) is 14.9. The summed E-state index contributed by atoms with van der Waals surface area (Å²) < 4.78 is 0. The Kier molecular flexibility index (Phi) is 4.18. The van der Waals surface area contributed by atoms with Gasteiger partial charge < -0.3 is 10.4 Å². The fraction of sp³-hybridized carbons (Fsp3) is 0.571. The Morgan fingerprint density at radius 1 is 1.44 bits per heavy atom. The molecule has 0 aliphatic heterocycles. The summed E-state index contributed by atoms with van der Waals surface area (Å²) in [6, 6.07) is 3.83. The molecule has 0 bridgehead atoms. The van der Waals surface area contributed by atoms with E-state index in [2.05, 4.69) is 17.2 Å². The molecule has 0 saturated heterocycles. The third kappa shape index (κ3) is 3.00. The lowest BCUT2D eigenvalue weighted by molar-refractivity contribution is 0.0696. The van der Waals surface area contributed by atoms with E-state index < -0.39 is 5.97 Å². The lowest BCUT2D eigenvalue weighted by Gasteiger charge is -2.31. The van der Waals surface area contributed by atoms with Crippen LogP contribution >= 0.6 is 0 Å². The van der Waals surface area contributed by atoms with E-state index in [1.54, 1.807) is 12.1 Å². The molecule has 2 unspecified atom stereocenters. The first-order valence-corrected chi connectivity index (χ1v) is 6.66. The minimum atomic E-state index is -0.932. The number of aromatic nitrogens is 1. The van der Waals surface area contributed by atoms with Crippen molar-refractivity contribution < 1.29 is 9.90 Å². The van der Waals surface area contributed by atoms with Gasteiger partial charge in [0.05, 0.1) is 5.56 Å². The van der Waals surface area contributed by atoms with Crippen molar-refractivity contribution in [1.82, 2.24) is 4.98 Å². The fourth-order valence-electron chi connectivity index (χ4n) is 2.68. The molecule has 1 aliphatic rings. The quantitative estimate of drug-likeness (QED) is 0.859. The topological polar surface area (TPSA) is 62.2 Å². The van der Waals surface area contributed by atoms with E-state index in [1.165, 1.54) is 38.3 Å². The van der Waals surface area contributed by atoms with Crippen LogP contribution in [0.3, 0.4) is 0 Å². The number of nitrogens with one attached hydrogen (secondary N) is 1. The number of hydrogen-bond donors (Lipinski definition) is 2. The number of hydrogen-bond acceptors (Lipinski definition) is 3. The van der Waals surface area contributed by atoms with Crippen LogP contribution in [-0.2, 0) is 0 Å². The number of carbonyl (C=O) groups is 1. The zero-order chi connectivity index (χ0) is 13.0. The van der Waals surface area contributed by atoms with Crippen LogP contribution in [-0.4, -0.2) is 22.1 Å². The molecule has 98 valence electrons. The maximum atomic E-state index is 10.7. The molecule has 4 heteroatoms. The van der Waals surface area contributed by atoms with Crippen molar-refractivity contribution in [2.45, 2.75) is 45.1 Å². The largest absolute Gasteiger partial charge is 0.478 e. The predicted molar refractivity (Wildman–Crippen MR) is 70.9 cm³/mol. The Morgan fingerprint density at radius 2 is 2.22 bits per heavy atom. The van der Waals surface area contributed by atoms with E-state index in [1.807, 2.05) is 0 Å². The molecule has 18 heavy (non-hydrogen) atoms. The molecule has 1 aliphatic carbocycles. The Bertz CT molecular complexity index is 403. The highest BCUT2D eigenvalue weighted by Gasteiger charge is 2.23. The van der Waals surface area contributed by atoms with Crippen molar-refractivity contribution in [3.8, 4) is 0 Å². The van der Waals surface area contributed by atoms with Gasteiger partial charge in [-0.1, -0.05) is 26.2 Å². The normalized spacial score (nSPS) is 23.6. The Labute approximate surface area is 107 Å². The second-order valence-electron chi connectivity index (χ2n) is 4.94. The van der Waals surface area contributed by atoms with Gasteiger partial charge in [0.25, 0.3) is 0 Å². The van der Waals surface area contributed by atoms with E-state index >= 15 is 0 Å². The van der Waals surface area contributed by atoms with Crippen molar-refractivity contribution in [3.05, 3.63) is 23.9 Å². The second kappa shape index (κ2) is 5.85. The molecule has 1 fully saturated rings. The summed E-state index contributed by atoms with van der Waals surface area (Å²) in [5.74, 6) is 0.559. The maximum absolute atomic E-state index is 10.7. The molecule has 0 radical (unpaired) electrons. The SMILES string of the molecule is CCC1CCCCC1Nc1ccc(C(=O)O)cn1. The molecule has 1 aromatic heterocycles. The van der Waals surface area contributed by atoms with E-state index in [9.17, 15) is 4.79 Å². The van der Waals surface area contributed by atoms with Crippen LogP contribution in [0.25, 0.3) is 0 Å². The number of anilines is 1. The molecule has 4 nitrogen and oxygen atoms in total. The smallest absolute Gasteiger partial charge is 0.337 e. The van der Waals surface area contributed by atoms with E-state index in [4.69, 9.17) is 5.11 Å². The van der Waals surface area contributed by atoms with Crippen molar-refractivity contribution in [2.75, 3.05) is 5.32 Å². The molecule has 1 saturated carbocycles. The van der Waals surface area contributed by atoms with Gasteiger partial charge in [0.15, 0.2) is 0 Å². The van der Waals surface area contributed by atoms with E-state index in [0.29, 0.717) is 12.0 Å². The van der Waals surface area contributed by atoms with Crippen LogP contribution in [0.4, 0.5) is 5.82 Å². The zero-order valence-electron chi connectivity index (χ0n) is 10.7. The average molecular weight is 248 g/mol. The number of carboxylic acids is 1. The van der Waals surface area contributed by atoms with Crippen LogP contribution in [0.2, 0.25) is 0 Å². The lowest BCUT2D eigenvalue weighted by atomic mass is 9.83. The van der Waals surface area contributed by atoms with Gasteiger partial charge in [0.2, 0.25) is 0 Å². The van der Waals surface area contributed by atoms with Gasteiger partial charge in [-0.2, -0.15) is 0 Å². The standard InChI is InChI=1S/C14H20N2O2/c1-2-10-5-3-4-6-12(10)16-13-8-7-11(9-15-13)14(17)18/h7-10,12H,2-6H2,1H3,(H,15,16)(H,17,18). The Hall–Kier alpha value is -1.58. The minimum Gasteiger partial charge on any atom is -0.478 e. The van der Waals surface area contributed by atoms with Crippen molar-refractivity contribution in [1.29, 1.82) is 0 Å². The van der Waals surface area contributed by atoms with Gasteiger partial charge >= 0.3 is 5.97 Å². The molecule has 0 spiro atoms. The highest BCUT2D eigenvalue weighted by molar-refractivity contribution is 5.87. The first kappa shape index (κ1) is 12.9. The number of carboxylic acid groups (broad SMARTS) is 1. The van der Waals surface area contributed by atoms with Gasteiger partial charge in [0, 0.05) is 12.2 Å². The van der Waals surface area contributed by atoms with Crippen LogP contribution in [0.5, 0.6) is 0 Å². The van der Waals surface area contributed by atoms with Crippen molar-refractivity contribution >= 4 is 11.8 Å². The van der Waals surface area contributed by atoms with E-state index in [-0.39, 0.29) is 5.56 Å². The van der Waals surface area contributed by atoms with Gasteiger partial charge in [-0.25, -0.2) is 9.78 Å². The predicted octanol–water partition coefficient (Wildman–Crippen LogP) is 3.16. The van der Waals surface area contributed by atoms with Crippen molar-refractivity contribution in [3.63, 3.8) is 0 Å². The summed E-state index contributed by atoms with van der Waals surface area (Å²) in [6.45, 7) is 2.23. The molecule has 2 rings (SSSR count). The summed E-state index contributed by atoms with van der Waals surface area (Å²) in [6.07, 6.45) is 7.64. The molecule has 2 atom stereocenters. The third-order valence-corrected chi connectivity index (χ3v) is 3.78. The van der Waals surface area contributed by atoms with E-state index in [0.717, 1.165) is 5.82 Å². The van der Waals surface area contributed by atoms with Crippen LogP contribution < -0.4 is 5.32 Å². The van der Waals surface area contributed by atoms with Gasteiger partial charge in [-0.05, 0) is 30.9 Å². The summed E-state index contributed by atoms with van der Waals surface area (Å²) in [5.41, 5.74) is 0.233. The number of nitrogens with zero attached hydrogens (tertiary/aromatic N) is 1. The molecule has 1 aromatic rings. The molecular weight excluding hydrogens is 228 g/mol. The maximum Gasteiger partial charge on any atom is 0.337 e. The third-order valence-electron chi connectivity index (χ3n) is 3.78. The van der Waals surface area contributed by atoms with Crippen molar-refractivity contribution in [2.24, 2.45) is 5.92 Å². The molecule has 0 amide bonds. The highest BCUT2D eigenvalue weighted by Crippen LogP contribution is 2.28. The number of pyridine rings is 1. The molecule has 2 N–H and O–H groups in total. The van der Waals surface area contributed by atoms with Crippen LogP contribution in [0.15, 0.2) is 18.3 Å². The van der Waals surface area contributed by atoms with Crippen LogP contribution in [0.1, 0.15) is 49.4 Å². The Balaban J connectivity index is 2.01. The Morgan fingerprint density at radius 3 is 2.83 bits per heavy atom. The first-order valence-electron chi connectivity index (χ1n) is 6.66. The summed E-state index contributed by atoms with van der Waals surface area (Å²) >= 11 is 0. The first-order chi connectivity index (χ1) is 8.70. The summed E-state index contributed by atoms with van der Waals surface area (Å²) in [5, 5.41) is 12.3. The van der Waals surface area contributed by atoms with Gasteiger partial charge in [-0.3, -0.25) is 0 Å². The molecular formula is C14H20N2O2. The highest BCUT2D eigenvalue weighted by atomic mass is 16.4. The molecule has 1 heterocycles. The van der Waals surface area contributed by atoms with Gasteiger partial charge in [-0.15, -0.1) is 0 Å². The van der Waals surface area contributed by atoms with Crippen LogP contribution in [0, 0.1) is 5.92 Å². The molecule has 0 aromatic carbocycles.